The Bertz CT molecular complexity index is 336. The first-order valence-corrected chi connectivity index (χ1v) is 3.26. The normalized spacial score (nSPS) is 13.7. The summed E-state index contributed by atoms with van der Waals surface area (Å²) in [5.74, 6) is 0.403. The van der Waals surface area contributed by atoms with Gasteiger partial charge in [-0.1, -0.05) is 0 Å². The second-order valence-electron chi connectivity index (χ2n) is 2.31. The van der Waals surface area contributed by atoms with Crippen LogP contribution in [0, 0.1) is 16.2 Å². The predicted molar refractivity (Wildman–Crippen MR) is 37.3 cm³/mol. The van der Waals surface area contributed by atoms with Crippen LogP contribution in [0.15, 0.2) is 12.1 Å². The summed E-state index contributed by atoms with van der Waals surface area (Å²) < 4.78 is 0. The van der Waals surface area contributed by atoms with Crippen LogP contribution in [0.2, 0.25) is 0 Å². The molecule has 0 spiro atoms. The zero-order valence-corrected chi connectivity index (χ0v) is 5.94. The number of benzene rings is 1. The van der Waals surface area contributed by atoms with Crippen LogP contribution in [-0.4, -0.2) is 4.92 Å². The molecular weight excluding hydrogens is 162 g/mol. The highest BCUT2D eigenvalue weighted by molar-refractivity contribution is 5.43. The van der Waals surface area contributed by atoms with E-state index in [2.05, 4.69) is 15.8 Å². The molecule has 1 aliphatic heterocycles. The summed E-state index contributed by atoms with van der Waals surface area (Å²) in [6, 6.07) is 5.30. The van der Waals surface area contributed by atoms with Gasteiger partial charge in [-0.3, -0.25) is 10.1 Å². The molecule has 0 amide bonds. The molecule has 0 atom stereocenters. The first-order valence-electron chi connectivity index (χ1n) is 3.26. The average molecular weight is 166 g/mol. The van der Waals surface area contributed by atoms with E-state index < -0.39 is 4.92 Å². The van der Waals surface area contributed by atoms with E-state index in [0.29, 0.717) is 12.4 Å². The van der Waals surface area contributed by atoms with Gasteiger partial charge in [-0.15, -0.1) is 0 Å². The quantitative estimate of drug-likeness (QED) is 0.357. The molecule has 1 radical (unpaired) electrons. The van der Waals surface area contributed by atoms with Gasteiger partial charge in [-0.2, -0.15) is 4.89 Å². The molecular formula is C7H4NO4. The average Bonchev–Trinajstić information content (AvgIpc) is 2.49. The third-order valence-electron chi connectivity index (χ3n) is 1.54. The smallest absolute Gasteiger partial charge is 0.281 e. The summed E-state index contributed by atoms with van der Waals surface area (Å²) in [5.41, 5.74) is 0.667. The SMILES string of the molecule is O=[N+]([O-])c1[c]cc2c(c1)OOC2. The summed E-state index contributed by atoms with van der Waals surface area (Å²) in [4.78, 5) is 19.0. The Morgan fingerprint density at radius 3 is 3.25 bits per heavy atom. The molecule has 5 nitrogen and oxygen atoms in total. The molecule has 0 unspecified atom stereocenters. The monoisotopic (exact) mass is 166 g/mol. The zero-order chi connectivity index (χ0) is 8.55. The maximum Gasteiger partial charge on any atom is 0.281 e. The van der Waals surface area contributed by atoms with Crippen LogP contribution in [-0.2, 0) is 11.5 Å². The van der Waals surface area contributed by atoms with Crippen molar-refractivity contribution in [2.75, 3.05) is 0 Å². The minimum absolute atomic E-state index is 0.112. The minimum Gasteiger partial charge on any atom is -0.337 e. The van der Waals surface area contributed by atoms with Crippen molar-refractivity contribution in [3.63, 3.8) is 0 Å². The van der Waals surface area contributed by atoms with E-state index in [-0.39, 0.29) is 5.69 Å². The lowest BCUT2D eigenvalue weighted by Crippen LogP contribution is -1.88. The Morgan fingerprint density at radius 1 is 1.67 bits per heavy atom. The van der Waals surface area contributed by atoms with E-state index in [1.165, 1.54) is 12.1 Å². The van der Waals surface area contributed by atoms with E-state index in [1.807, 2.05) is 0 Å². The lowest BCUT2D eigenvalue weighted by atomic mass is 10.2. The summed E-state index contributed by atoms with van der Waals surface area (Å²) in [6.07, 6.45) is 0. The molecule has 0 saturated carbocycles. The van der Waals surface area contributed by atoms with Crippen LogP contribution in [0.25, 0.3) is 0 Å². The number of hydrogen-bond donors (Lipinski definition) is 0. The van der Waals surface area contributed by atoms with Gasteiger partial charge in [0.15, 0.2) is 5.75 Å². The second kappa shape index (κ2) is 2.46. The van der Waals surface area contributed by atoms with Crippen molar-refractivity contribution in [3.05, 3.63) is 33.9 Å². The fourth-order valence-corrected chi connectivity index (χ4v) is 0.943. The van der Waals surface area contributed by atoms with E-state index in [4.69, 9.17) is 0 Å². The Kier molecular flexibility index (Phi) is 1.44. The van der Waals surface area contributed by atoms with Gasteiger partial charge >= 0.3 is 0 Å². The van der Waals surface area contributed by atoms with E-state index in [0.717, 1.165) is 5.56 Å². The molecule has 12 heavy (non-hydrogen) atoms. The number of non-ortho nitro benzene ring substituents is 1. The zero-order valence-electron chi connectivity index (χ0n) is 5.94. The molecule has 0 aliphatic carbocycles. The standard InChI is InChI=1S/C7H4NO4/c9-8(10)6-2-1-5-4-11-12-7(5)3-6/h1,3H,4H2. The topological polar surface area (TPSA) is 61.6 Å². The van der Waals surface area contributed by atoms with Gasteiger partial charge in [0.25, 0.3) is 5.69 Å². The van der Waals surface area contributed by atoms with Crippen LogP contribution >= 0.6 is 0 Å². The molecule has 0 bridgehead atoms. The molecule has 61 valence electrons. The second-order valence-corrected chi connectivity index (χ2v) is 2.31. The molecule has 1 aliphatic rings. The summed E-state index contributed by atoms with van der Waals surface area (Å²) in [6.45, 7) is 0.323. The minimum atomic E-state index is -0.526. The highest BCUT2D eigenvalue weighted by Crippen LogP contribution is 2.29. The van der Waals surface area contributed by atoms with Gasteiger partial charge in [0.05, 0.1) is 17.1 Å². The first kappa shape index (κ1) is 7.05. The summed E-state index contributed by atoms with van der Waals surface area (Å²) in [7, 11) is 0. The highest BCUT2D eigenvalue weighted by Gasteiger charge is 2.17. The molecule has 2 rings (SSSR count). The molecule has 1 aromatic carbocycles. The maximum absolute atomic E-state index is 10.3. The van der Waals surface area contributed by atoms with Crippen molar-refractivity contribution >= 4 is 5.69 Å². The molecule has 1 aromatic rings. The number of hydrogen-bond acceptors (Lipinski definition) is 4. The van der Waals surface area contributed by atoms with E-state index in [1.54, 1.807) is 0 Å². The Labute approximate surface area is 67.6 Å². The van der Waals surface area contributed by atoms with Crippen LogP contribution in [0.3, 0.4) is 0 Å². The third-order valence-corrected chi connectivity index (χ3v) is 1.54. The van der Waals surface area contributed by atoms with Gasteiger partial charge in [0, 0.05) is 5.56 Å². The molecule has 0 aromatic heterocycles. The van der Waals surface area contributed by atoms with E-state index in [9.17, 15) is 10.1 Å². The molecule has 0 saturated heterocycles. The van der Waals surface area contributed by atoms with Gasteiger partial charge in [-0.25, -0.2) is 0 Å². The van der Waals surface area contributed by atoms with Crippen molar-refractivity contribution in [2.24, 2.45) is 0 Å². The van der Waals surface area contributed by atoms with Crippen molar-refractivity contribution in [2.45, 2.75) is 6.61 Å². The number of nitro groups is 1. The summed E-state index contributed by atoms with van der Waals surface area (Å²) >= 11 is 0. The van der Waals surface area contributed by atoms with Crippen molar-refractivity contribution in [1.29, 1.82) is 0 Å². The van der Waals surface area contributed by atoms with Crippen LogP contribution in [0.5, 0.6) is 5.75 Å². The van der Waals surface area contributed by atoms with Gasteiger partial charge in [0.1, 0.15) is 6.61 Å². The summed E-state index contributed by atoms with van der Waals surface area (Å²) in [5, 5.41) is 10.3. The van der Waals surface area contributed by atoms with E-state index >= 15 is 0 Å². The number of rotatable bonds is 1. The van der Waals surface area contributed by atoms with Crippen molar-refractivity contribution in [1.82, 2.24) is 0 Å². The Balaban J connectivity index is 2.45. The van der Waals surface area contributed by atoms with Crippen LogP contribution in [0.4, 0.5) is 5.69 Å². The maximum atomic E-state index is 10.3. The highest BCUT2D eigenvalue weighted by atomic mass is 17.2. The Morgan fingerprint density at radius 2 is 2.50 bits per heavy atom. The fraction of sp³-hybridized carbons (Fsp3) is 0.143. The molecule has 0 N–H and O–H groups in total. The third kappa shape index (κ3) is 0.998. The molecule has 0 fully saturated rings. The first-order chi connectivity index (χ1) is 5.77. The number of fused-ring (bicyclic) bond motifs is 1. The lowest BCUT2D eigenvalue weighted by molar-refractivity contribution is -0.385. The van der Waals surface area contributed by atoms with Crippen molar-refractivity contribution < 1.29 is 14.7 Å². The molecule has 1 heterocycles. The van der Waals surface area contributed by atoms with Crippen molar-refractivity contribution in [3.8, 4) is 5.75 Å². The van der Waals surface area contributed by atoms with Gasteiger partial charge < -0.3 is 4.89 Å². The predicted octanol–water partition coefficient (Wildman–Crippen LogP) is 1.22. The van der Waals surface area contributed by atoms with Gasteiger partial charge in [-0.05, 0) is 6.07 Å². The number of nitro benzene ring substituents is 1. The fourth-order valence-electron chi connectivity index (χ4n) is 0.943. The molecule has 5 heteroatoms. The Hall–Kier alpha value is -1.62. The van der Waals surface area contributed by atoms with Gasteiger partial charge in [0.2, 0.25) is 0 Å². The van der Waals surface area contributed by atoms with Crippen LogP contribution < -0.4 is 4.89 Å². The number of nitrogens with zero attached hydrogens (tertiary/aromatic N) is 1. The van der Waals surface area contributed by atoms with Crippen LogP contribution in [0.1, 0.15) is 5.56 Å². The lowest BCUT2D eigenvalue weighted by Gasteiger charge is -1.93. The largest absolute Gasteiger partial charge is 0.337 e.